The average Bonchev–Trinajstić information content (AvgIpc) is 3.19. The number of hydrogen-bond acceptors (Lipinski definition) is 3. The molecule has 1 N–H and O–H groups in total. The van der Waals surface area contributed by atoms with Crippen molar-refractivity contribution in [2.75, 3.05) is 18.1 Å². The van der Waals surface area contributed by atoms with Gasteiger partial charge in [-0.05, 0) is 53.8 Å². The summed E-state index contributed by atoms with van der Waals surface area (Å²) in [6.45, 7) is 3.02. The Morgan fingerprint density at radius 1 is 1.24 bits per heavy atom. The molecule has 0 aliphatic carbocycles. The highest BCUT2D eigenvalue weighted by atomic mass is 35.5. The van der Waals surface area contributed by atoms with Gasteiger partial charge in [-0.1, -0.05) is 24.6 Å². The van der Waals surface area contributed by atoms with Gasteiger partial charge in [0, 0.05) is 30.5 Å². The summed E-state index contributed by atoms with van der Waals surface area (Å²) >= 11 is 6.06. The summed E-state index contributed by atoms with van der Waals surface area (Å²) in [5.41, 5.74) is 2.27. The maximum atomic E-state index is 12.9. The molecular formula is C21H22ClN3O3S. The van der Waals surface area contributed by atoms with Crippen molar-refractivity contribution in [1.82, 2.24) is 9.47 Å². The second-order valence-corrected chi connectivity index (χ2v) is 9.74. The first kappa shape index (κ1) is 19.8. The Balaban J connectivity index is 1.59. The fourth-order valence-corrected chi connectivity index (χ4v) is 5.83. The quantitative estimate of drug-likeness (QED) is 0.651. The van der Waals surface area contributed by atoms with Crippen LogP contribution >= 0.6 is 11.6 Å². The number of amides is 2. The lowest BCUT2D eigenvalue weighted by atomic mass is 10.1. The Morgan fingerprint density at radius 3 is 2.79 bits per heavy atom. The number of nitrogens with zero attached hydrogens (tertiary/aromatic N) is 2. The Morgan fingerprint density at radius 2 is 2.03 bits per heavy atom. The van der Waals surface area contributed by atoms with Crippen LogP contribution in [0.1, 0.15) is 24.9 Å². The molecule has 6 nitrogen and oxygen atoms in total. The predicted molar refractivity (Wildman–Crippen MR) is 115 cm³/mol. The standard InChI is InChI=1S/C21H22ClN3O3S/c1-3-9-25-10-8-14-4-6-16(12-18(14)25)23-21(26)24(2)19-13-29(27,28)20-7-5-15(22)11-17(19)20/h4-8,10-12,19H,3,9,13H2,1-2H3,(H,23,26)/t19-/m1/s1. The summed E-state index contributed by atoms with van der Waals surface area (Å²) in [4.78, 5) is 14.5. The maximum Gasteiger partial charge on any atom is 0.322 e. The van der Waals surface area contributed by atoms with E-state index in [1.165, 1.54) is 11.0 Å². The molecule has 8 heteroatoms. The van der Waals surface area contributed by atoms with Gasteiger partial charge in [0.25, 0.3) is 0 Å². The van der Waals surface area contributed by atoms with E-state index in [0.29, 0.717) is 16.3 Å². The minimum absolute atomic E-state index is 0.148. The zero-order chi connectivity index (χ0) is 20.8. The second kappa shape index (κ2) is 7.39. The largest absolute Gasteiger partial charge is 0.347 e. The summed E-state index contributed by atoms with van der Waals surface area (Å²) < 4.78 is 27.1. The second-order valence-electron chi connectivity index (χ2n) is 7.30. The number of carbonyl (C=O) groups is 1. The number of fused-ring (bicyclic) bond motifs is 2. The topological polar surface area (TPSA) is 71.4 Å². The molecule has 0 spiro atoms. The van der Waals surface area contributed by atoms with Gasteiger partial charge >= 0.3 is 6.03 Å². The van der Waals surface area contributed by atoms with Gasteiger partial charge in [-0.15, -0.1) is 0 Å². The number of halogens is 1. The van der Waals surface area contributed by atoms with E-state index in [4.69, 9.17) is 11.6 Å². The lowest BCUT2D eigenvalue weighted by Gasteiger charge is -2.25. The molecule has 29 heavy (non-hydrogen) atoms. The van der Waals surface area contributed by atoms with Crippen molar-refractivity contribution in [2.24, 2.45) is 0 Å². The van der Waals surface area contributed by atoms with Crippen LogP contribution in [0, 0.1) is 0 Å². The van der Waals surface area contributed by atoms with Gasteiger partial charge in [0.2, 0.25) is 0 Å². The number of anilines is 1. The predicted octanol–water partition coefficient (Wildman–Crippen LogP) is 4.70. The molecule has 0 bridgehead atoms. The Bertz CT molecular complexity index is 1200. The molecule has 0 radical (unpaired) electrons. The van der Waals surface area contributed by atoms with E-state index in [1.807, 2.05) is 30.5 Å². The highest BCUT2D eigenvalue weighted by molar-refractivity contribution is 7.91. The van der Waals surface area contributed by atoms with Crippen LogP contribution in [0.25, 0.3) is 10.9 Å². The molecular weight excluding hydrogens is 410 g/mol. The van der Waals surface area contributed by atoms with Crippen molar-refractivity contribution in [2.45, 2.75) is 30.8 Å². The Hall–Kier alpha value is -2.51. The van der Waals surface area contributed by atoms with Crippen LogP contribution in [0.2, 0.25) is 5.02 Å². The molecule has 1 aliphatic heterocycles. The van der Waals surface area contributed by atoms with E-state index in [0.717, 1.165) is 23.9 Å². The fraction of sp³-hybridized carbons (Fsp3) is 0.286. The van der Waals surface area contributed by atoms with Crippen LogP contribution in [0.3, 0.4) is 0 Å². The van der Waals surface area contributed by atoms with E-state index >= 15 is 0 Å². The Labute approximate surface area is 175 Å². The number of hydrogen-bond donors (Lipinski definition) is 1. The van der Waals surface area contributed by atoms with Crippen LogP contribution in [-0.4, -0.2) is 36.7 Å². The highest BCUT2D eigenvalue weighted by Crippen LogP contribution is 2.38. The summed E-state index contributed by atoms with van der Waals surface area (Å²) in [7, 11) is -1.84. The molecule has 152 valence electrons. The van der Waals surface area contributed by atoms with Crippen molar-refractivity contribution in [1.29, 1.82) is 0 Å². The van der Waals surface area contributed by atoms with Crippen molar-refractivity contribution in [3.63, 3.8) is 0 Å². The normalized spacial score (nSPS) is 17.3. The van der Waals surface area contributed by atoms with Crippen molar-refractivity contribution in [3.8, 4) is 0 Å². The summed E-state index contributed by atoms with van der Waals surface area (Å²) in [6.07, 6.45) is 3.05. The third kappa shape index (κ3) is 3.60. The zero-order valence-electron chi connectivity index (χ0n) is 16.2. The van der Waals surface area contributed by atoms with Crippen LogP contribution in [0.5, 0.6) is 0 Å². The molecule has 2 amide bonds. The monoisotopic (exact) mass is 431 g/mol. The lowest BCUT2D eigenvalue weighted by Crippen LogP contribution is -2.35. The smallest absolute Gasteiger partial charge is 0.322 e. The number of benzene rings is 2. The van der Waals surface area contributed by atoms with Gasteiger partial charge in [0.1, 0.15) is 0 Å². The minimum atomic E-state index is -3.44. The third-order valence-corrected chi connectivity index (χ3v) is 7.35. The number of sulfone groups is 1. The highest BCUT2D eigenvalue weighted by Gasteiger charge is 2.38. The summed E-state index contributed by atoms with van der Waals surface area (Å²) in [6, 6.07) is 11.5. The molecule has 0 saturated carbocycles. The number of aryl methyl sites for hydroxylation is 1. The zero-order valence-corrected chi connectivity index (χ0v) is 17.8. The van der Waals surface area contributed by atoms with Gasteiger partial charge in [-0.25, -0.2) is 13.2 Å². The number of urea groups is 1. The van der Waals surface area contributed by atoms with E-state index < -0.39 is 15.9 Å². The summed E-state index contributed by atoms with van der Waals surface area (Å²) in [5.74, 6) is -0.148. The van der Waals surface area contributed by atoms with Gasteiger partial charge in [0.05, 0.1) is 22.2 Å². The first-order chi connectivity index (χ1) is 13.8. The van der Waals surface area contributed by atoms with E-state index in [1.54, 1.807) is 19.2 Å². The molecule has 0 unspecified atom stereocenters. The SMILES string of the molecule is CCCn1ccc2ccc(NC(=O)N(C)[C@@H]3CS(=O)(=O)c4ccc(Cl)cc43)cc21. The molecule has 1 aliphatic rings. The van der Waals surface area contributed by atoms with Crippen LogP contribution in [0.4, 0.5) is 10.5 Å². The van der Waals surface area contributed by atoms with Gasteiger partial charge in [0.15, 0.2) is 9.84 Å². The maximum absolute atomic E-state index is 12.9. The van der Waals surface area contributed by atoms with Gasteiger partial charge in [-0.2, -0.15) is 0 Å². The molecule has 1 aromatic heterocycles. The van der Waals surface area contributed by atoms with E-state index in [9.17, 15) is 13.2 Å². The molecule has 2 aromatic carbocycles. The molecule has 0 saturated heterocycles. The number of nitrogens with one attached hydrogen (secondary N) is 1. The minimum Gasteiger partial charge on any atom is -0.347 e. The average molecular weight is 432 g/mol. The van der Waals surface area contributed by atoms with Crippen LogP contribution in [-0.2, 0) is 16.4 Å². The Kier molecular flexibility index (Phi) is 5.04. The molecule has 4 rings (SSSR count). The summed E-state index contributed by atoms with van der Waals surface area (Å²) in [5, 5.41) is 4.44. The molecule has 2 heterocycles. The molecule has 0 fully saturated rings. The number of rotatable bonds is 4. The van der Waals surface area contributed by atoms with Crippen molar-refractivity contribution < 1.29 is 13.2 Å². The number of aromatic nitrogens is 1. The van der Waals surface area contributed by atoms with Crippen molar-refractivity contribution >= 4 is 44.1 Å². The van der Waals surface area contributed by atoms with Crippen LogP contribution < -0.4 is 5.32 Å². The van der Waals surface area contributed by atoms with Crippen LogP contribution in [0.15, 0.2) is 53.6 Å². The van der Waals surface area contributed by atoms with Crippen molar-refractivity contribution in [3.05, 3.63) is 59.2 Å². The fourth-order valence-electron chi connectivity index (χ4n) is 3.82. The molecule has 1 atom stereocenters. The van der Waals surface area contributed by atoms with E-state index in [2.05, 4.69) is 16.8 Å². The first-order valence-electron chi connectivity index (χ1n) is 9.45. The lowest BCUT2D eigenvalue weighted by molar-refractivity contribution is 0.209. The first-order valence-corrected chi connectivity index (χ1v) is 11.5. The number of carbonyl (C=O) groups excluding carboxylic acids is 1. The molecule has 3 aromatic rings. The third-order valence-electron chi connectivity index (χ3n) is 5.32. The van der Waals surface area contributed by atoms with Gasteiger partial charge in [-0.3, -0.25) is 0 Å². The van der Waals surface area contributed by atoms with Gasteiger partial charge < -0.3 is 14.8 Å². The van der Waals surface area contributed by atoms with E-state index in [-0.39, 0.29) is 16.7 Å².